The van der Waals surface area contributed by atoms with E-state index < -0.39 is 23.6 Å². The average molecular weight is 254 g/mol. The van der Waals surface area contributed by atoms with Gasteiger partial charge in [0.1, 0.15) is 6.10 Å². The summed E-state index contributed by atoms with van der Waals surface area (Å²) in [5.41, 5.74) is -0.701. The molecule has 0 fully saturated rings. The summed E-state index contributed by atoms with van der Waals surface area (Å²) in [6, 6.07) is 0. The number of rotatable bonds is 4. The first-order valence-corrected chi connectivity index (χ1v) is 5.43. The predicted octanol–water partition coefficient (Wildman–Crippen LogP) is -0.871. The zero-order chi connectivity index (χ0) is 13.1. The van der Waals surface area contributed by atoms with Crippen LogP contribution in [0, 0.1) is 0 Å². The first-order chi connectivity index (χ1) is 8.65. The Bertz CT molecular complexity index is 559. The Kier molecular flexibility index (Phi) is 3.75. The topological polar surface area (TPSA) is 93.6 Å². The van der Waals surface area contributed by atoms with Gasteiger partial charge in [0.2, 0.25) is 0 Å². The summed E-state index contributed by atoms with van der Waals surface area (Å²) < 4.78 is 11.5. The maximum Gasteiger partial charge on any atom is 0.330 e. The summed E-state index contributed by atoms with van der Waals surface area (Å²) in [7, 11) is 1.46. The second-order valence-electron chi connectivity index (χ2n) is 3.89. The Morgan fingerprint density at radius 1 is 1.50 bits per heavy atom. The van der Waals surface area contributed by atoms with Crippen LogP contribution in [0.1, 0.15) is 11.8 Å². The molecule has 1 aromatic heterocycles. The number of nitrogens with one attached hydrogen (secondary N) is 1. The van der Waals surface area contributed by atoms with Gasteiger partial charge in [0.05, 0.1) is 18.8 Å². The number of aromatic nitrogens is 2. The van der Waals surface area contributed by atoms with Crippen LogP contribution in [0.25, 0.3) is 0 Å². The average Bonchev–Trinajstić information content (AvgIpc) is 2.81. The fourth-order valence-corrected chi connectivity index (χ4v) is 1.73. The van der Waals surface area contributed by atoms with Gasteiger partial charge in [-0.15, -0.1) is 0 Å². The molecule has 1 aromatic rings. The number of hydrogen-bond donors (Lipinski definition) is 2. The first kappa shape index (κ1) is 12.7. The van der Waals surface area contributed by atoms with Crippen LogP contribution >= 0.6 is 0 Å². The van der Waals surface area contributed by atoms with Gasteiger partial charge in [-0.25, -0.2) is 4.79 Å². The lowest BCUT2D eigenvalue weighted by molar-refractivity contribution is -0.0106. The number of aromatic amines is 1. The van der Waals surface area contributed by atoms with Crippen LogP contribution in [-0.4, -0.2) is 34.5 Å². The summed E-state index contributed by atoms with van der Waals surface area (Å²) in [5.74, 6) is 0. The maximum absolute atomic E-state index is 11.7. The van der Waals surface area contributed by atoms with Gasteiger partial charge in [-0.05, 0) is 6.08 Å². The van der Waals surface area contributed by atoms with Crippen molar-refractivity contribution in [3.8, 4) is 0 Å². The Hall–Kier alpha value is -1.70. The second kappa shape index (κ2) is 5.30. The van der Waals surface area contributed by atoms with Crippen molar-refractivity contribution in [2.24, 2.45) is 0 Å². The number of aliphatic hydroxyl groups is 1. The molecular weight excluding hydrogens is 240 g/mol. The smallest absolute Gasteiger partial charge is 0.330 e. The van der Waals surface area contributed by atoms with Crippen LogP contribution in [0.5, 0.6) is 0 Å². The molecular formula is C11H14N2O5. The normalized spacial score (nSPS) is 22.6. The van der Waals surface area contributed by atoms with Crippen LogP contribution in [0.3, 0.4) is 0 Å². The molecule has 0 bridgehead atoms. The number of hydrogen-bond acceptors (Lipinski definition) is 5. The van der Waals surface area contributed by atoms with Crippen LogP contribution in [0.15, 0.2) is 27.9 Å². The van der Waals surface area contributed by atoms with Crippen molar-refractivity contribution < 1.29 is 14.6 Å². The third-order valence-corrected chi connectivity index (χ3v) is 2.60. The highest BCUT2D eigenvalue weighted by Crippen LogP contribution is 2.18. The van der Waals surface area contributed by atoms with E-state index in [-0.39, 0.29) is 13.2 Å². The lowest BCUT2D eigenvalue weighted by Crippen LogP contribution is -2.34. The van der Waals surface area contributed by atoms with E-state index >= 15 is 0 Å². The van der Waals surface area contributed by atoms with Crippen LogP contribution in [0.4, 0.5) is 0 Å². The third-order valence-electron chi connectivity index (χ3n) is 2.60. The molecule has 0 spiro atoms. The molecule has 0 saturated heterocycles. The van der Waals surface area contributed by atoms with Crippen LogP contribution in [0.2, 0.25) is 0 Å². The molecule has 1 aliphatic heterocycles. The summed E-state index contributed by atoms with van der Waals surface area (Å²) in [6.07, 6.45) is 3.66. The summed E-state index contributed by atoms with van der Waals surface area (Å²) in [5, 5.41) is 8.94. The molecule has 2 heterocycles. The molecule has 2 rings (SSSR count). The van der Waals surface area contributed by atoms with Crippen molar-refractivity contribution >= 4 is 0 Å². The second-order valence-corrected chi connectivity index (χ2v) is 3.89. The molecule has 1 aliphatic rings. The van der Waals surface area contributed by atoms with Gasteiger partial charge >= 0.3 is 5.69 Å². The van der Waals surface area contributed by atoms with Gasteiger partial charge < -0.3 is 14.6 Å². The largest absolute Gasteiger partial charge is 0.393 e. The fraction of sp³-hybridized carbons (Fsp3) is 0.455. The monoisotopic (exact) mass is 254 g/mol. The lowest BCUT2D eigenvalue weighted by atomic mass is 10.3. The van der Waals surface area contributed by atoms with E-state index in [1.807, 2.05) is 0 Å². The minimum absolute atomic E-state index is 0.107. The maximum atomic E-state index is 11.7. The molecule has 18 heavy (non-hydrogen) atoms. The van der Waals surface area contributed by atoms with Gasteiger partial charge in [-0.2, -0.15) is 0 Å². The standard InChI is InChI=1S/C11H14N2O5/c1-17-6-7-4-13(11(16)12-10(7)15)9-3-2-8(5-14)18-9/h2-4,8-9,14H,5-6H2,1H3,(H,12,15,16). The van der Waals surface area contributed by atoms with E-state index in [2.05, 4.69) is 4.98 Å². The number of nitrogens with zero attached hydrogens (tertiary/aromatic N) is 1. The van der Waals surface area contributed by atoms with Gasteiger partial charge in [-0.1, -0.05) is 6.08 Å². The molecule has 0 saturated carbocycles. The Morgan fingerprint density at radius 3 is 2.89 bits per heavy atom. The minimum Gasteiger partial charge on any atom is -0.393 e. The molecule has 2 N–H and O–H groups in total. The summed E-state index contributed by atoms with van der Waals surface area (Å²) >= 11 is 0. The quantitative estimate of drug-likeness (QED) is 0.681. The zero-order valence-electron chi connectivity index (χ0n) is 9.83. The molecule has 2 atom stereocenters. The number of H-pyrrole nitrogens is 1. The summed E-state index contributed by atoms with van der Waals surface area (Å²) in [6.45, 7) is -0.0501. The van der Waals surface area contributed by atoms with Crippen molar-refractivity contribution in [2.75, 3.05) is 13.7 Å². The molecule has 0 aromatic carbocycles. The minimum atomic E-state index is -0.623. The van der Waals surface area contributed by atoms with E-state index in [0.717, 1.165) is 0 Å². The van der Waals surface area contributed by atoms with E-state index in [4.69, 9.17) is 14.6 Å². The van der Waals surface area contributed by atoms with Crippen molar-refractivity contribution in [1.82, 2.24) is 9.55 Å². The molecule has 98 valence electrons. The van der Waals surface area contributed by atoms with Gasteiger partial charge in [-0.3, -0.25) is 14.3 Å². The molecule has 0 amide bonds. The first-order valence-electron chi connectivity index (χ1n) is 5.43. The van der Waals surface area contributed by atoms with Crippen LogP contribution in [-0.2, 0) is 16.1 Å². The van der Waals surface area contributed by atoms with Gasteiger partial charge in [0.25, 0.3) is 5.56 Å². The van der Waals surface area contributed by atoms with E-state index in [1.54, 1.807) is 12.2 Å². The highest BCUT2D eigenvalue weighted by molar-refractivity contribution is 5.07. The third kappa shape index (κ3) is 2.42. The SMILES string of the molecule is COCc1cn(C2C=CC(CO)O2)c(=O)[nH]c1=O. The van der Waals surface area contributed by atoms with Crippen molar-refractivity contribution in [1.29, 1.82) is 0 Å². The Balaban J connectivity index is 2.34. The fourth-order valence-electron chi connectivity index (χ4n) is 1.73. The Labute approximate surface area is 102 Å². The van der Waals surface area contributed by atoms with Gasteiger partial charge in [0, 0.05) is 13.3 Å². The van der Waals surface area contributed by atoms with Crippen molar-refractivity contribution in [3.05, 3.63) is 44.8 Å². The Morgan fingerprint density at radius 2 is 2.28 bits per heavy atom. The zero-order valence-corrected chi connectivity index (χ0v) is 9.83. The lowest BCUT2D eigenvalue weighted by Gasteiger charge is -2.15. The number of aliphatic hydroxyl groups excluding tert-OH is 1. The van der Waals surface area contributed by atoms with E-state index in [0.29, 0.717) is 5.56 Å². The van der Waals surface area contributed by atoms with Crippen molar-refractivity contribution in [2.45, 2.75) is 18.9 Å². The predicted molar refractivity (Wildman–Crippen MR) is 62.2 cm³/mol. The molecule has 0 aliphatic carbocycles. The van der Waals surface area contributed by atoms with Crippen molar-refractivity contribution in [3.63, 3.8) is 0 Å². The molecule has 7 nitrogen and oxygen atoms in total. The molecule has 2 unspecified atom stereocenters. The summed E-state index contributed by atoms with van der Waals surface area (Å²) in [4.78, 5) is 25.3. The van der Waals surface area contributed by atoms with E-state index in [1.165, 1.54) is 17.9 Å². The van der Waals surface area contributed by atoms with Gasteiger partial charge in [0.15, 0.2) is 6.23 Å². The number of ether oxygens (including phenoxy) is 2. The molecule has 0 radical (unpaired) electrons. The highest BCUT2D eigenvalue weighted by Gasteiger charge is 2.21. The van der Waals surface area contributed by atoms with Crippen LogP contribution < -0.4 is 11.2 Å². The van der Waals surface area contributed by atoms with E-state index in [9.17, 15) is 9.59 Å². The number of methoxy groups -OCH3 is 1. The highest BCUT2D eigenvalue weighted by atomic mass is 16.5. The molecule has 7 heteroatoms.